The average molecular weight is 1790 g/mol. The minimum atomic E-state index is -4.95. The molecule has 0 aliphatic heterocycles. The van der Waals surface area contributed by atoms with Gasteiger partial charge in [0.25, 0.3) is 0 Å². The van der Waals surface area contributed by atoms with Crippen molar-refractivity contribution in [1.82, 2.24) is 0 Å². The van der Waals surface area contributed by atoms with Crippen molar-refractivity contribution in [1.29, 1.82) is 0 Å². The number of allylic oxidation sites excluding steroid dienone is 26. The molecular weight excluding hydrogens is 1600 g/mol. The van der Waals surface area contributed by atoms with E-state index in [4.69, 9.17) is 32.3 Å². The van der Waals surface area contributed by atoms with Crippen LogP contribution >= 0.6 is 15.6 Å². The maximum Gasteiger partial charge on any atom is 0.472 e. The van der Waals surface area contributed by atoms with Crippen LogP contribution in [0.3, 0.4) is 0 Å². The Morgan fingerprint density at radius 1 is 0.232 bits per heavy atom. The number of unbranched alkanes of at least 4 members (excludes halogenated alkanes) is 47. The van der Waals surface area contributed by atoms with Crippen molar-refractivity contribution in [2.45, 2.75) is 463 Å². The van der Waals surface area contributed by atoms with Crippen LogP contribution < -0.4 is 0 Å². The summed E-state index contributed by atoms with van der Waals surface area (Å²) in [6, 6.07) is 0. The van der Waals surface area contributed by atoms with Crippen molar-refractivity contribution in [3.8, 4) is 0 Å². The highest BCUT2D eigenvalue weighted by Crippen LogP contribution is 2.45. The van der Waals surface area contributed by atoms with Gasteiger partial charge in [-0.3, -0.25) is 32.5 Å². The van der Waals surface area contributed by atoms with E-state index in [-0.39, 0.29) is 19.3 Å². The minimum absolute atomic E-state index is 0.0982. The largest absolute Gasteiger partial charge is 0.472 e. The topological polar surface area (TPSA) is 231 Å². The number of esters is 3. The highest BCUT2D eigenvalue weighted by molar-refractivity contribution is 7.47. The highest BCUT2D eigenvalue weighted by atomic mass is 31.2. The van der Waals surface area contributed by atoms with Crippen molar-refractivity contribution in [2.24, 2.45) is 0 Å². The molecular formula is C107H186O16P2. The molecule has 125 heavy (non-hydrogen) atoms. The Bertz CT molecular complexity index is 2900. The summed E-state index contributed by atoms with van der Waals surface area (Å²) in [5.41, 5.74) is 0. The van der Waals surface area contributed by atoms with E-state index in [0.29, 0.717) is 19.3 Å². The van der Waals surface area contributed by atoms with Gasteiger partial charge in [0.1, 0.15) is 25.4 Å². The maximum absolute atomic E-state index is 13.1. The van der Waals surface area contributed by atoms with Crippen molar-refractivity contribution < 1.29 is 75.8 Å². The normalized spacial score (nSPS) is 14.3. The van der Waals surface area contributed by atoms with Gasteiger partial charge in [0.05, 0.1) is 26.4 Å². The molecule has 0 aliphatic carbocycles. The van der Waals surface area contributed by atoms with Gasteiger partial charge in [-0.2, -0.15) is 0 Å². The van der Waals surface area contributed by atoms with Gasteiger partial charge in [0.2, 0.25) is 0 Å². The fraction of sp³-hybridized carbons (Fsp3) is 0.729. The maximum atomic E-state index is 13.1. The molecule has 18 heteroatoms. The molecule has 0 saturated carbocycles. The molecule has 720 valence electrons. The molecule has 0 heterocycles. The quantitative estimate of drug-likeness (QED) is 0.0146. The monoisotopic (exact) mass is 1790 g/mol. The molecule has 16 nitrogen and oxygen atoms in total. The van der Waals surface area contributed by atoms with Gasteiger partial charge in [-0.25, -0.2) is 9.13 Å². The molecule has 0 saturated heterocycles. The zero-order valence-corrected chi connectivity index (χ0v) is 81.5. The summed E-state index contributed by atoms with van der Waals surface area (Å²) in [4.78, 5) is 59.2. The first-order chi connectivity index (χ1) is 61.2. The number of hydrogen-bond donors (Lipinski definition) is 4. The lowest BCUT2D eigenvalue weighted by Gasteiger charge is -2.21. The van der Waals surface area contributed by atoms with Gasteiger partial charge in [-0.05, 0) is 154 Å². The number of hydrogen-bond acceptors (Lipinski definition) is 14. The minimum Gasteiger partial charge on any atom is -0.463 e. The predicted octanol–water partition coefficient (Wildman–Crippen LogP) is 32.0. The van der Waals surface area contributed by atoms with Crippen LogP contribution in [0, 0.1) is 0 Å². The molecule has 0 rings (SSSR count). The second-order valence-corrected chi connectivity index (χ2v) is 36.8. The van der Waals surface area contributed by atoms with Crippen LogP contribution in [-0.2, 0) is 55.8 Å². The van der Waals surface area contributed by atoms with E-state index in [0.717, 1.165) is 154 Å². The second-order valence-electron chi connectivity index (χ2n) is 33.9. The molecule has 0 aliphatic rings. The fourth-order valence-electron chi connectivity index (χ4n) is 14.0. The number of rotatable bonds is 96. The molecule has 4 N–H and O–H groups in total. The van der Waals surface area contributed by atoms with Crippen LogP contribution in [-0.4, -0.2) is 95.9 Å². The Morgan fingerprint density at radius 3 is 0.672 bits per heavy atom. The molecule has 0 bridgehead atoms. The molecule has 5 unspecified atom stereocenters. The van der Waals surface area contributed by atoms with E-state index in [2.05, 4.69) is 179 Å². The van der Waals surface area contributed by atoms with Gasteiger partial charge >= 0.3 is 33.6 Å². The summed E-state index contributed by atoms with van der Waals surface area (Å²) >= 11 is 0. The molecule has 0 amide bonds. The molecule has 0 aromatic heterocycles. The predicted molar refractivity (Wildman–Crippen MR) is 528 cm³/mol. The highest BCUT2D eigenvalue weighted by Gasteiger charge is 2.30. The van der Waals surface area contributed by atoms with E-state index in [1.165, 1.54) is 231 Å². The van der Waals surface area contributed by atoms with Crippen molar-refractivity contribution in [3.05, 3.63) is 158 Å². The summed E-state index contributed by atoms with van der Waals surface area (Å²) in [5.74, 6) is -1.56. The summed E-state index contributed by atoms with van der Waals surface area (Å²) < 4.78 is 61.7. The van der Waals surface area contributed by atoms with Crippen LogP contribution in [0.5, 0.6) is 0 Å². The standard InChI is InChI=1S/C107H186O16P2/c1-4-7-10-13-16-19-22-25-28-31-34-37-40-43-46-48-49-50-51-53-56-57-60-63-66-69-72-75-78-81-84-87-90-93-105(110)117-96-102(108)97-119-124(113,114)120-98-103(109)99-121-125(115,116)122-101-104(123-107(112)95-92-89-86-83-80-77-74-71-68-65-62-59-54-45-42-39-36-33-30-27-24-21-18-15-12-9-6-3)100-118-106(111)94-91-88-85-82-79-76-73-70-67-64-61-58-55-52-47-44-41-38-35-32-29-26-23-20-17-14-11-8-5-2/h8,11,16-21,25-30,34-39,43-47,54,102-104,108-109H,4-7,9-10,12-15,22-24,31-33,40-42,48-53,55-101H2,1-3H3,(H,113,114)(H,115,116)/b11-8-,19-16-,20-17-,21-18-,28-25-,29-26-,30-27-,37-34-,38-35-,39-36-,46-43-,47-44-,54-45-. The lowest BCUT2D eigenvalue weighted by molar-refractivity contribution is -0.161. The Morgan fingerprint density at radius 2 is 0.424 bits per heavy atom. The SMILES string of the molecule is CC/C=C\C/C=C\C/C=C\C/C=C\C/C=C\CCCCCCCCCCCCCCCC(=O)OCC(COP(=O)(O)OCC(O)COP(=O)(O)OCC(O)COC(=O)CCCCCCCCCCCCCCCCCCC/C=C\C/C=C\C/C=C\C/C=C\CCCCC)OC(=O)CCCCCCCCCCCCC/C=C\C/C=C\C/C=C\C/C=C\CCCCC. The van der Waals surface area contributed by atoms with E-state index >= 15 is 0 Å². The molecule has 0 aromatic rings. The van der Waals surface area contributed by atoms with Gasteiger partial charge in [0, 0.05) is 19.3 Å². The number of carbonyl (C=O) groups is 3. The number of ether oxygens (including phenoxy) is 3. The van der Waals surface area contributed by atoms with Crippen molar-refractivity contribution in [2.75, 3.05) is 39.6 Å². The van der Waals surface area contributed by atoms with E-state index in [9.17, 15) is 43.5 Å². The van der Waals surface area contributed by atoms with Crippen molar-refractivity contribution >= 4 is 33.6 Å². The molecule has 0 aromatic carbocycles. The lowest BCUT2D eigenvalue weighted by atomic mass is 10.0. The van der Waals surface area contributed by atoms with Gasteiger partial charge in [0.15, 0.2) is 6.10 Å². The zero-order chi connectivity index (χ0) is 90.7. The first kappa shape index (κ1) is 120. The Balaban J connectivity index is 4.60. The number of phosphoric ester groups is 2. The summed E-state index contributed by atoms with van der Waals surface area (Å²) in [6.07, 6.45) is 127. The number of carbonyl (C=O) groups excluding carboxylic acids is 3. The molecule has 0 radical (unpaired) electrons. The Labute approximate surface area is 765 Å². The lowest BCUT2D eigenvalue weighted by Crippen LogP contribution is -2.30. The van der Waals surface area contributed by atoms with Crippen LogP contribution in [0.25, 0.3) is 0 Å². The summed E-state index contributed by atoms with van der Waals surface area (Å²) in [7, 11) is -9.82. The zero-order valence-electron chi connectivity index (χ0n) is 79.7. The molecule has 0 fully saturated rings. The third-order valence-electron chi connectivity index (χ3n) is 21.7. The van der Waals surface area contributed by atoms with E-state index in [1.807, 2.05) is 0 Å². The molecule has 0 spiro atoms. The van der Waals surface area contributed by atoms with Gasteiger partial charge in [-0.15, -0.1) is 0 Å². The van der Waals surface area contributed by atoms with Crippen LogP contribution in [0.4, 0.5) is 0 Å². The smallest absolute Gasteiger partial charge is 0.463 e. The third kappa shape index (κ3) is 99.6. The average Bonchev–Trinajstić information content (AvgIpc) is 0.898. The molecule has 5 atom stereocenters. The van der Waals surface area contributed by atoms with Crippen LogP contribution in [0.1, 0.15) is 445 Å². The van der Waals surface area contributed by atoms with E-state index < -0.39 is 91.5 Å². The first-order valence-corrected chi connectivity index (χ1v) is 53.8. The Kier molecular flexibility index (Phi) is 94.4. The van der Waals surface area contributed by atoms with Crippen molar-refractivity contribution in [3.63, 3.8) is 0 Å². The first-order valence-electron chi connectivity index (χ1n) is 50.8. The number of aliphatic hydroxyl groups is 2. The second kappa shape index (κ2) is 98.2. The number of phosphoric acid groups is 2. The van der Waals surface area contributed by atoms with Gasteiger partial charge in [-0.1, -0.05) is 429 Å². The van der Waals surface area contributed by atoms with Crippen LogP contribution in [0.2, 0.25) is 0 Å². The van der Waals surface area contributed by atoms with Crippen LogP contribution in [0.15, 0.2) is 158 Å². The number of aliphatic hydroxyl groups excluding tert-OH is 2. The van der Waals surface area contributed by atoms with Gasteiger partial charge < -0.3 is 34.2 Å². The third-order valence-corrected chi connectivity index (χ3v) is 23.6. The fourth-order valence-corrected chi connectivity index (χ4v) is 15.6. The van der Waals surface area contributed by atoms with E-state index in [1.54, 1.807) is 0 Å². The summed E-state index contributed by atoms with van der Waals surface area (Å²) in [5, 5.41) is 20.8. The summed E-state index contributed by atoms with van der Waals surface area (Å²) in [6.45, 7) is 2.59. The Hall–Kier alpha value is -4.83.